The van der Waals surface area contributed by atoms with Gasteiger partial charge >= 0.3 is 0 Å². The number of likely N-dealkylation sites (tertiary alicyclic amines) is 2. The van der Waals surface area contributed by atoms with E-state index in [0.29, 0.717) is 31.0 Å². The van der Waals surface area contributed by atoms with Gasteiger partial charge in [-0.05, 0) is 38.1 Å². The first-order valence-corrected chi connectivity index (χ1v) is 6.92. The zero-order valence-corrected chi connectivity index (χ0v) is 12.1. The highest BCUT2D eigenvalue weighted by atomic mass is 35.5. The molecule has 2 aliphatic rings. The van der Waals surface area contributed by atoms with Crippen molar-refractivity contribution in [3.8, 4) is 0 Å². The third-order valence-corrected chi connectivity index (χ3v) is 4.12. The Labute approximate surface area is 116 Å². The van der Waals surface area contributed by atoms with Crippen LogP contribution in [0.15, 0.2) is 0 Å². The van der Waals surface area contributed by atoms with Crippen molar-refractivity contribution in [2.45, 2.75) is 38.6 Å². The Morgan fingerprint density at radius 1 is 1.28 bits per heavy atom. The van der Waals surface area contributed by atoms with Crippen LogP contribution in [0, 0.1) is 5.92 Å². The molecule has 1 amide bonds. The third-order valence-electron chi connectivity index (χ3n) is 4.12. The lowest BCUT2D eigenvalue weighted by Gasteiger charge is -2.33. The summed E-state index contributed by atoms with van der Waals surface area (Å²) in [4.78, 5) is 16.5. The van der Waals surface area contributed by atoms with E-state index in [4.69, 9.17) is 5.73 Å². The maximum atomic E-state index is 12.2. The summed E-state index contributed by atoms with van der Waals surface area (Å²) in [5.74, 6) is 0.966. The first kappa shape index (κ1) is 15.7. The summed E-state index contributed by atoms with van der Waals surface area (Å²) in [5.41, 5.74) is 5.73. The molecule has 2 fully saturated rings. The minimum atomic E-state index is 0. The molecule has 5 heteroatoms. The molecule has 2 N–H and O–H groups in total. The fourth-order valence-electron chi connectivity index (χ4n) is 3.06. The molecule has 0 aromatic heterocycles. The van der Waals surface area contributed by atoms with Crippen molar-refractivity contribution < 1.29 is 4.79 Å². The van der Waals surface area contributed by atoms with E-state index in [1.54, 1.807) is 0 Å². The zero-order valence-electron chi connectivity index (χ0n) is 11.3. The van der Waals surface area contributed by atoms with Crippen molar-refractivity contribution in [2.75, 3.05) is 32.7 Å². The molecule has 2 aliphatic heterocycles. The molecule has 0 spiro atoms. The third kappa shape index (κ3) is 3.84. The highest BCUT2D eigenvalue weighted by Gasteiger charge is 2.28. The first-order chi connectivity index (χ1) is 8.20. The fourth-order valence-corrected chi connectivity index (χ4v) is 3.06. The summed E-state index contributed by atoms with van der Waals surface area (Å²) in [6, 6.07) is 0.432. The molecule has 0 aromatic rings. The van der Waals surface area contributed by atoms with Crippen LogP contribution in [0.4, 0.5) is 0 Å². The Hall–Kier alpha value is -0.320. The maximum absolute atomic E-state index is 12.2. The number of piperidine rings is 1. The van der Waals surface area contributed by atoms with E-state index in [2.05, 4.69) is 11.8 Å². The average Bonchev–Trinajstić information content (AvgIpc) is 2.76. The van der Waals surface area contributed by atoms with Crippen LogP contribution >= 0.6 is 12.4 Å². The normalized spacial score (nSPS) is 29.1. The number of halogens is 1. The van der Waals surface area contributed by atoms with E-state index < -0.39 is 0 Å². The van der Waals surface area contributed by atoms with E-state index in [1.165, 1.54) is 12.8 Å². The lowest BCUT2D eigenvalue weighted by atomic mass is 10.0. The van der Waals surface area contributed by atoms with Crippen LogP contribution in [0.2, 0.25) is 0 Å². The summed E-state index contributed by atoms with van der Waals surface area (Å²) in [6.07, 6.45) is 4.76. The van der Waals surface area contributed by atoms with Gasteiger partial charge < -0.3 is 10.6 Å². The molecule has 0 radical (unpaired) electrons. The summed E-state index contributed by atoms with van der Waals surface area (Å²) in [6.45, 7) is 6.43. The quantitative estimate of drug-likeness (QED) is 0.839. The highest BCUT2D eigenvalue weighted by molar-refractivity contribution is 5.85. The van der Waals surface area contributed by atoms with E-state index in [9.17, 15) is 4.79 Å². The number of nitrogens with two attached hydrogens (primary N) is 1. The Morgan fingerprint density at radius 2 is 2.00 bits per heavy atom. The second kappa shape index (κ2) is 7.31. The van der Waals surface area contributed by atoms with Gasteiger partial charge in [-0.2, -0.15) is 0 Å². The van der Waals surface area contributed by atoms with Crippen LogP contribution < -0.4 is 5.73 Å². The van der Waals surface area contributed by atoms with Crippen molar-refractivity contribution in [2.24, 2.45) is 11.7 Å². The Morgan fingerprint density at radius 3 is 2.67 bits per heavy atom. The van der Waals surface area contributed by atoms with Crippen LogP contribution in [-0.4, -0.2) is 54.5 Å². The lowest BCUT2D eigenvalue weighted by molar-refractivity contribution is -0.134. The van der Waals surface area contributed by atoms with E-state index in [0.717, 1.165) is 32.5 Å². The molecular formula is C13H26ClN3O. The molecule has 2 rings (SSSR count). The molecule has 18 heavy (non-hydrogen) atoms. The fraction of sp³-hybridized carbons (Fsp3) is 0.923. The van der Waals surface area contributed by atoms with Crippen molar-refractivity contribution in [3.63, 3.8) is 0 Å². The van der Waals surface area contributed by atoms with Crippen LogP contribution in [-0.2, 0) is 4.79 Å². The predicted molar refractivity (Wildman–Crippen MR) is 75.9 cm³/mol. The van der Waals surface area contributed by atoms with Gasteiger partial charge in [0.25, 0.3) is 0 Å². The molecule has 106 valence electrons. The predicted octanol–water partition coefficient (Wildman–Crippen LogP) is 1.09. The summed E-state index contributed by atoms with van der Waals surface area (Å²) < 4.78 is 0. The van der Waals surface area contributed by atoms with Gasteiger partial charge in [0.2, 0.25) is 5.91 Å². The molecule has 0 aromatic carbocycles. The summed E-state index contributed by atoms with van der Waals surface area (Å²) in [5, 5.41) is 0. The Kier molecular flexibility index (Phi) is 6.39. The number of hydrogen-bond donors (Lipinski definition) is 1. The molecule has 2 atom stereocenters. The number of carbonyl (C=O) groups is 1. The second-order valence-corrected chi connectivity index (χ2v) is 5.59. The monoisotopic (exact) mass is 275 g/mol. The molecular weight excluding hydrogens is 250 g/mol. The van der Waals surface area contributed by atoms with Gasteiger partial charge in [0.15, 0.2) is 0 Å². The average molecular weight is 276 g/mol. The summed E-state index contributed by atoms with van der Waals surface area (Å²) in [7, 11) is 0. The van der Waals surface area contributed by atoms with Crippen LogP contribution in [0.5, 0.6) is 0 Å². The van der Waals surface area contributed by atoms with Crippen LogP contribution in [0.25, 0.3) is 0 Å². The first-order valence-electron chi connectivity index (χ1n) is 6.92. The molecule has 2 heterocycles. The van der Waals surface area contributed by atoms with Crippen LogP contribution in [0.3, 0.4) is 0 Å². The van der Waals surface area contributed by atoms with Gasteiger partial charge in [0.05, 0.1) is 6.54 Å². The molecule has 2 unspecified atom stereocenters. The van der Waals surface area contributed by atoms with Crippen molar-refractivity contribution in [1.29, 1.82) is 0 Å². The lowest BCUT2D eigenvalue weighted by Crippen LogP contribution is -2.47. The van der Waals surface area contributed by atoms with Crippen molar-refractivity contribution in [3.05, 3.63) is 0 Å². The smallest absolute Gasteiger partial charge is 0.236 e. The topological polar surface area (TPSA) is 49.6 Å². The maximum Gasteiger partial charge on any atom is 0.236 e. The molecule has 4 nitrogen and oxygen atoms in total. The number of rotatable bonds is 3. The van der Waals surface area contributed by atoms with E-state index >= 15 is 0 Å². The number of hydrogen-bond acceptors (Lipinski definition) is 3. The van der Waals surface area contributed by atoms with Gasteiger partial charge in [-0.15, -0.1) is 12.4 Å². The van der Waals surface area contributed by atoms with E-state index in [1.807, 2.05) is 4.90 Å². The van der Waals surface area contributed by atoms with Gasteiger partial charge in [-0.1, -0.05) is 6.92 Å². The Balaban J connectivity index is 0.00000162. The molecule has 2 saturated heterocycles. The van der Waals surface area contributed by atoms with Crippen LogP contribution in [0.1, 0.15) is 32.6 Å². The standard InChI is InChI=1S/C13H25N3O.ClH/c1-11-4-2-7-16(9-11)13(17)10-15-6-3-5-12(15)8-14;/h11-12H,2-10,14H2,1H3;1H. The zero-order chi connectivity index (χ0) is 12.3. The molecule has 0 saturated carbocycles. The van der Waals surface area contributed by atoms with Crippen molar-refractivity contribution in [1.82, 2.24) is 9.80 Å². The summed E-state index contributed by atoms with van der Waals surface area (Å²) >= 11 is 0. The molecule has 0 bridgehead atoms. The van der Waals surface area contributed by atoms with Crippen molar-refractivity contribution >= 4 is 18.3 Å². The van der Waals surface area contributed by atoms with Gasteiger partial charge in [0, 0.05) is 25.7 Å². The van der Waals surface area contributed by atoms with Gasteiger partial charge in [-0.25, -0.2) is 0 Å². The molecule has 0 aliphatic carbocycles. The Bertz CT molecular complexity index is 275. The largest absolute Gasteiger partial charge is 0.341 e. The highest BCUT2D eigenvalue weighted by Crippen LogP contribution is 2.18. The SMILES string of the molecule is CC1CCCN(C(=O)CN2CCCC2CN)C1.Cl. The van der Waals surface area contributed by atoms with Gasteiger partial charge in [-0.3, -0.25) is 9.69 Å². The number of nitrogens with zero attached hydrogens (tertiary/aromatic N) is 2. The number of amides is 1. The van der Waals surface area contributed by atoms with Gasteiger partial charge in [0.1, 0.15) is 0 Å². The van der Waals surface area contributed by atoms with E-state index in [-0.39, 0.29) is 12.4 Å². The minimum absolute atomic E-state index is 0. The number of carbonyl (C=O) groups excluding carboxylic acids is 1. The second-order valence-electron chi connectivity index (χ2n) is 5.59. The minimum Gasteiger partial charge on any atom is -0.341 e.